The van der Waals surface area contributed by atoms with Crippen LogP contribution < -0.4 is 9.62 Å². The van der Waals surface area contributed by atoms with E-state index in [9.17, 15) is 8.42 Å². The van der Waals surface area contributed by atoms with Crippen molar-refractivity contribution in [2.45, 2.75) is 51.0 Å². The van der Waals surface area contributed by atoms with E-state index in [0.29, 0.717) is 10.8 Å². The van der Waals surface area contributed by atoms with E-state index in [0.717, 1.165) is 48.8 Å². The highest BCUT2D eigenvalue weighted by molar-refractivity contribution is 7.89. The summed E-state index contributed by atoms with van der Waals surface area (Å²) < 4.78 is 28.2. The van der Waals surface area contributed by atoms with Crippen molar-refractivity contribution in [1.29, 1.82) is 0 Å². The van der Waals surface area contributed by atoms with Crippen LogP contribution in [0, 0.1) is 12.8 Å². The number of nitrogens with zero attached hydrogens (tertiary/aromatic N) is 3. The molecule has 0 atom stereocenters. The first-order valence-electron chi connectivity index (χ1n) is 10.4. The van der Waals surface area contributed by atoms with Crippen molar-refractivity contribution < 1.29 is 8.42 Å². The summed E-state index contributed by atoms with van der Waals surface area (Å²) in [5, 5.41) is 3.38. The van der Waals surface area contributed by atoms with Crippen molar-refractivity contribution in [2.75, 3.05) is 18.0 Å². The Morgan fingerprint density at radius 3 is 2.53 bits per heavy atom. The zero-order chi connectivity index (χ0) is 21.3. The average Bonchev–Trinajstić information content (AvgIpc) is 3.10. The molecule has 4 rings (SSSR count). The molecule has 8 heteroatoms. The second-order valence-electron chi connectivity index (χ2n) is 8.33. The third kappa shape index (κ3) is 4.50. The van der Waals surface area contributed by atoms with Crippen molar-refractivity contribution in [3.63, 3.8) is 0 Å². The van der Waals surface area contributed by atoms with Crippen LogP contribution in [-0.4, -0.2) is 37.5 Å². The molecule has 3 heterocycles. The van der Waals surface area contributed by atoms with E-state index in [-0.39, 0.29) is 6.04 Å². The van der Waals surface area contributed by atoms with E-state index in [1.54, 1.807) is 35.6 Å². The fourth-order valence-corrected chi connectivity index (χ4v) is 6.32. The summed E-state index contributed by atoms with van der Waals surface area (Å²) in [6, 6.07) is 8.50. The molecule has 0 unspecified atom stereocenters. The fourth-order valence-electron chi connectivity index (χ4n) is 4.00. The summed E-state index contributed by atoms with van der Waals surface area (Å²) in [4.78, 5) is 13.1. The zero-order valence-corrected chi connectivity index (χ0v) is 19.3. The lowest BCUT2D eigenvalue weighted by Gasteiger charge is -2.33. The zero-order valence-electron chi connectivity index (χ0n) is 17.6. The highest BCUT2D eigenvalue weighted by Gasteiger charge is 2.27. The molecule has 160 valence electrons. The molecule has 30 heavy (non-hydrogen) atoms. The van der Waals surface area contributed by atoms with Gasteiger partial charge in [-0.1, -0.05) is 32.0 Å². The van der Waals surface area contributed by atoms with Gasteiger partial charge < -0.3 is 4.90 Å². The van der Waals surface area contributed by atoms with Gasteiger partial charge in [0.25, 0.3) is 0 Å². The second kappa shape index (κ2) is 8.61. The standard InChI is InChI=1S/C22H28N4O2S2/c1-15(2)13-17-14-29-22-20(17)21(23-16(3)24-22)26-11-9-18(10-12-26)25-30(27,28)19-7-5-4-6-8-19/h4-8,14-15,18,25H,9-13H2,1-3H3. The van der Waals surface area contributed by atoms with Crippen LogP contribution in [0.15, 0.2) is 40.6 Å². The van der Waals surface area contributed by atoms with E-state index in [1.807, 2.05) is 13.0 Å². The number of rotatable bonds is 6. The van der Waals surface area contributed by atoms with Gasteiger partial charge in [0, 0.05) is 19.1 Å². The molecule has 1 aromatic carbocycles. The summed E-state index contributed by atoms with van der Waals surface area (Å²) in [6.07, 6.45) is 2.51. The monoisotopic (exact) mass is 444 g/mol. The quantitative estimate of drug-likeness (QED) is 0.618. The van der Waals surface area contributed by atoms with Gasteiger partial charge in [-0.2, -0.15) is 0 Å². The third-order valence-electron chi connectivity index (χ3n) is 5.40. The van der Waals surface area contributed by atoms with Gasteiger partial charge in [-0.25, -0.2) is 23.1 Å². The number of sulfonamides is 1. The maximum absolute atomic E-state index is 12.6. The van der Waals surface area contributed by atoms with E-state index in [1.165, 1.54) is 10.9 Å². The summed E-state index contributed by atoms with van der Waals surface area (Å²) in [7, 11) is -3.49. The molecule has 0 spiro atoms. The van der Waals surface area contributed by atoms with E-state index in [4.69, 9.17) is 4.98 Å². The van der Waals surface area contributed by atoms with E-state index in [2.05, 4.69) is 33.8 Å². The number of nitrogens with one attached hydrogen (secondary N) is 1. The molecule has 0 amide bonds. The van der Waals surface area contributed by atoms with Gasteiger partial charge in [-0.15, -0.1) is 11.3 Å². The Labute approximate surface area is 182 Å². The topological polar surface area (TPSA) is 75.2 Å². The van der Waals surface area contributed by atoms with E-state index < -0.39 is 10.0 Å². The van der Waals surface area contributed by atoms with Crippen LogP contribution in [-0.2, 0) is 16.4 Å². The Morgan fingerprint density at radius 1 is 1.17 bits per heavy atom. The first-order valence-corrected chi connectivity index (χ1v) is 12.8. The molecule has 3 aromatic rings. The first-order chi connectivity index (χ1) is 14.3. The minimum Gasteiger partial charge on any atom is -0.356 e. The number of anilines is 1. The van der Waals surface area contributed by atoms with Gasteiger partial charge in [0.15, 0.2) is 0 Å². The molecular formula is C22H28N4O2S2. The van der Waals surface area contributed by atoms with Crippen LogP contribution in [0.1, 0.15) is 38.1 Å². The Kier molecular flexibility index (Phi) is 6.09. The Balaban J connectivity index is 1.52. The maximum atomic E-state index is 12.6. The number of aryl methyl sites for hydroxylation is 1. The second-order valence-corrected chi connectivity index (χ2v) is 10.9. The Hall–Kier alpha value is -2.03. The molecule has 0 aliphatic carbocycles. The lowest BCUT2D eigenvalue weighted by atomic mass is 10.0. The van der Waals surface area contributed by atoms with Crippen LogP contribution in [0.2, 0.25) is 0 Å². The number of piperidine rings is 1. The molecular weight excluding hydrogens is 416 g/mol. The van der Waals surface area contributed by atoms with Crippen LogP contribution in [0.4, 0.5) is 5.82 Å². The lowest BCUT2D eigenvalue weighted by molar-refractivity contribution is 0.458. The minimum absolute atomic E-state index is 0.0671. The van der Waals surface area contributed by atoms with Crippen LogP contribution in [0.5, 0.6) is 0 Å². The Morgan fingerprint density at radius 2 is 1.87 bits per heavy atom. The summed E-state index contributed by atoms with van der Waals surface area (Å²) in [6.45, 7) is 7.92. The molecule has 1 fully saturated rings. The van der Waals surface area contributed by atoms with Gasteiger partial charge >= 0.3 is 0 Å². The predicted octanol–water partition coefficient (Wildman–Crippen LogP) is 4.15. The van der Waals surface area contributed by atoms with Crippen LogP contribution in [0.3, 0.4) is 0 Å². The maximum Gasteiger partial charge on any atom is 0.240 e. The normalized spacial score (nSPS) is 15.9. The van der Waals surface area contributed by atoms with Crippen LogP contribution in [0.25, 0.3) is 10.2 Å². The fraction of sp³-hybridized carbons (Fsp3) is 0.455. The summed E-state index contributed by atoms with van der Waals surface area (Å²) in [5.41, 5.74) is 1.31. The third-order valence-corrected chi connectivity index (χ3v) is 7.86. The van der Waals surface area contributed by atoms with Gasteiger partial charge in [-0.05, 0) is 55.2 Å². The molecule has 1 aliphatic rings. The number of hydrogen-bond donors (Lipinski definition) is 1. The van der Waals surface area contributed by atoms with Gasteiger partial charge in [0.2, 0.25) is 10.0 Å². The average molecular weight is 445 g/mol. The van der Waals surface area contributed by atoms with Crippen molar-refractivity contribution in [1.82, 2.24) is 14.7 Å². The van der Waals surface area contributed by atoms with Crippen molar-refractivity contribution in [3.05, 3.63) is 47.1 Å². The number of benzene rings is 1. The van der Waals surface area contributed by atoms with Gasteiger partial charge in [0.1, 0.15) is 16.5 Å². The number of fused-ring (bicyclic) bond motifs is 1. The smallest absolute Gasteiger partial charge is 0.240 e. The van der Waals surface area contributed by atoms with Crippen LogP contribution >= 0.6 is 11.3 Å². The van der Waals surface area contributed by atoms with Crippen molar-refractivity contribution in [3.8, 4) is 0 Å². The highest BCUT2D eigenvalue weighted by Crippen LogP contribution is 2.34. The number of aromatic nitrogens is 2. The lowest BCUT2D eigenvalue weighted by Crippen LogP contribution is -2.45. The molecule has 1 N–H and O–H groups in total. The molecule has 0 radical (unpaired) electrons. The summed E-state index contributed by atoms with van der Waals surface area (Å²) >= 11 is 1.68. The molecule has 1 aliphatic heterocycles. The van der Waals surface area contributed by atoms with E-state index >= 15 is 0 Å². The summed E-state index contributed by atoms with van der Waals surface area (Å²) in [5.74, 6) is 2.34. The van der Waals surface area contributed by atoms with Crippen molar-refractivity contribution in [2.24, 2.45) is 5.92 Å². The molecule has 2 aromatic heterocycles. The minimum atomic E-state index is -3.49. The molecule has 6 nitrogen and oxygen atoms in total. The van der Waals surface area contributed by atoms with Crippen molar-refractivity contribution >= 4 is 37.4 Å². The molecule has 0 saturated carbocycles. The van der Waals surface area contributed by atoms with Gasteiger partial charge in [-0.3, -0.25) is 0 Å². The highest BCUT2D eigenvalue weighted by atomic mass is 32.2. The number of thiophene rings is 1. The Bertz CT molecular complexity index is 1120. The van der Waals surface area contributed by atoms with Gasteiger partial charge in [0.05, 0.1) is 10.3 Å². The largest absolute Gasteiger partial charge is 0.356 e. The molecule has 0 bridgehead atoms. The number of hydrogen-bond acceptors (Lipinski definition) is 6. The first kappa shape index (κ1) is 21.2. The molecule has 1 saturated heterocycles. The predicted molar refractivity (Wildman–Crippen MR) is 123 cm³/mol. The SMILES string of the molecule is Cc1nc(N2CCC(NS(=O)(=O)c3ccccc3)CC2)c2c(CC(C)C)csc2n1.